The van der Waals surface area contributed by atoms with E-state index in [4.69, 9.17) is 0 Å². The van der Waals surface area contributed by atoms with Gasteiger partial charge < -0.3 is 14.8 Å². The van der Waals surface area contributed by atoms with Crippen LogP contribution in [0.2, 0.25) is 0 Å². The van der Waals surface area contributed by atoms with Crippen LogP contribution in [-0.2, 0) is 24.3 Å². The third-order valence-electron chi connectivity index (χ3n) is 4.58. The Morgan fingerprint density at radius 1 is 1.33 bits per heavy atom. The van der Waals surface area contributed by atoms with Crippen LogP contribution in [0.25, 0.3) is 0 Å². The number of aromatic nitrogens is 3. The molecule has 146 valence electrons. The maximum Gasteiger partial charge on any atom is 0.230 e. The van der Waals surface area contributed by atoms with Crippen LogP contribution in [0, 0.1) is 0 Å². The van der Waals surface area contributed by atoms with Crippen LogP contribution in [-0.4, -0.2) is 51.0 Å². The molecule has 0 saturated carbocycles. The van der Waals surface area contributed by atoms with Gasteiger partial charge in [0.2, 0.25) is 5.91 Å². The van der Waals surface area contributed by atoms with Crippen molar-refractivity contribution in [3.63, 3.8) is 0 Å². The summed E-state index contributed by atoms with van der Waals surface area (Å²) in [6.45, 7) is 8.48. The summed E-state index contributed by atoms with van der Waals surface area (Å²) in [6, 6.07) is 4.01. The van der Waals surface area contributed by atoms with Crippen molar-refractivity contribution >= 4 is 29.0 Å². The molecule has 1 amide bonds. The number of amides is 1. The number of likely N-dealkylation sites (tertiary alicyclic amines) is 1. The predicted octanol–water partition coefficient (Wildman–Crippen LogP) is 2.96. The van der Waals surface area contributed by atoms with Gasteiger partial charge in [0.1, 0.15) is 5.82 Å². The van der Waals surface area contributed by atoms with Crippen molar-refractivity contribution in [1.82, 2.24) is 25.0 Å². The Kier molecular flexibility index (Phi) is 7.92. The molecule has 1 aliphatic rings. The molecule has 2 aromatic rings. The number of piperidine rings is 1. The van der Waals surface area contributed by atoms with Gasteiger partial charge in [-0.05, 0) is 37.4 Å². The fourth-order valence-electron chi connectivity index (χ4n) is 3.14. The Balaban J connectivity index is 1.50. The van der Waals surface area contributed by atoms with Crippen LogP contribution in [0.1, 0.15) is 30.0 Å². The molecule has 1 saturated heterocycles. The number of allylic oxidation sites excluding steroid dienone is 1. The summed E-state index contributed by atoms with van der Waals surface area (Å²) < 4.78 is 2.08. The van der Waals surface area contributed by atoms with E-state index in [0.29, 0.717) is 18.8 Å². The number of thioether (sulfide) groups is 1. The Morgan fingerprint density at radius 3 is 2.93 bits per heavy atom. The monoisotopic (exact) mass is 405 g/mol. The molecule has 0 unspecified atom stereocenters. The predicted molar refractivity (Wildman–Crippen MR) is 111 cm³/mol. The highest BCUT2D eigenvalue weighted by Gasteiger charge is 2.16. The summed E-state index contributed by atoms with van der Waals surface area (Å²) in [6.07, 6.45) is 6.67. The Labute approximate surface area is 169 Å². The second kappa shape index (κ2) is 10.6. The van der Waals surface area contributed by atoms with E-state index >= 15 is 0 Å². The Bertz CT molecular complexity index is 723. The van der Waals surface area contributed by atoms with Crippen LogP contribution >= 0.6 is 23.1 Å². The van der Waals surface area contributed by atoms with Gasteiger partial charge in [0.25, 0.3) is 0 Å². The molecule has 8 heteroatoms. The largest absolute Gasteiger partial charge is 0.350 e. The number of carbonyl (C=O) groups is 1. The minimum absolute atomic E-state index is 0.0106. The van der Waals surface area contributed by atoms with Gasteiger partial charge >= 0.3 is 0 Å². The maximum atomic E-state index is 12.1. The minimum atomic E-state index is 0.0106. The average Bonchev–Trinajstić information content (AvgIpc) is 3.34. The number of hydrogen-bond acceptors (Lipinski definition) is 6. The number of nitrogens with zero attached hydrogens (tertiary/aromatic N) is 4. The van der Waals surface area contributed by atoms with E-state index in [-0.39, 0.29) is 5.91 Å². The lowest BCUT2D eigenvalue weighted by Gasteiger charge is -2.26. The second-order valence-corrected chi connectivity index (χ2v) is 8.57. The van der Waals surface area contributed by atoms with E-state index in [9.17, 15) is 4.79 Å². The summed E-state index contributed by atoms with van der Waals surface area (Å²) in [5.74, 6) is 1.32. The zero-order valence-electron chi connectivity index (χ0n) is 15.6. The molecule has 27 heavy (non-hydrogen) atoms. The highest BCUT2D eigenvalue weighted by Crippen LogP contribution is 2.18. The lowest BCUT2D eigenvalue weighted by Crippen LogP contribution is -2.32. The topological polar surface area (TPSA) is 63.1 Å². The lowest BCUT2D eigenvalue weighted by atomic mass is 10.1. The number of nitrogens with one attached hydrogen (secondary N) is 1. The molecule has 0 aromatic carbocycles. The highest BCUT2D eigenvalue weighted by molar-refractivity contribution is 7.99. The van der Waals surface area contributed by atoms with E-state index < -0.39 is 0 Å². The average molecular weight is 406 g/mol. The number of thiophene rings is 1. The van der Waals surface area contributed by atoms with Crippen LogP contribution < -0.4 is 5.32 Å². The molecule has 3 rings (SSSR count). The quantitative estimate of drug-likeness (QED) is 0.486. The molecular weight excluding hydrogens is 378 g/mol. The molecule has 1 aliphatic heterocycles. The normalized spacial score (nSPS) is 15.0. The third kappa shape index (κ3) is 6.19. The van der Waals surface area contributed by atoms with Crippen LogP contribution in [0.15, 0.2) is 35.3 Å². The van der Waals surface area contributed by atoms with Crippen molar-refractivity contribution in [3.05, 3.63) is 40.9 Å². The van der Waals surface area contributed by atoms with Crippen molar-refractivity contribution in [1.29, 1.82) is 0 Å². The summed E-state index contributed by atoms with van der Waals surface area (Å²) in [5.41, 5.74) is 0. The first kappa shape index (κ1) is 20.1. The molecule has 0 atom stereocenters. The van der Waals surface area contributed by atoms with Gasteiger partial charge in [0, 0.05) is 24.4 Å². The molecule has 0 spiro atoms. The van der Waals surface area contributed by atoms with E-state index in [1.54, 1.807) is 11.3 Å². The maximum absolute atomic E-state index is 12.1. The first-order valence-corrected chi connectivity index (χ1v) is 11.3. The molecule has 0 radical (unpaired) electrons. The molecule has 0 aliphatic carbocycles. The third-order valence-corrected chi connectivity index (χ3v) is 6.42. The summed E-state index contributed by atoms with van der Waals surface area (Å²) in [7, 11) is 0. The van der Waals surface area contributed by atoms with Gasteiger partial charge in [-0.15, -0.1) is 28.1 Å². The van der Waals surface area contributed by atoms with E-state index in [0.717, 1.165) is 28.8 Å². The van der Waals surface area contributed by atoms with Gasteiger partial charge in [0.15, 0.2) is 5.16 Å². The zero-order chi connectivity index (χ0) is 18.9. The highest BCUT2D eigenvalue weighted by atomic mass is 32.2. The minimum Gasteiger partial charge on any atom is -0.350 e. The van der Waals surface area contributed by atoms with Gasteiger partial charge in [-0.2, -0.15) is 0 Å². The van der Waals surface area contributed by atoms with E-state index in [2.05, 4.69) is 31.6 Å². The van der Waals surface area contributed by atoms with Gasteiger partial charge in [-0.25, -0.2) is 0 Å². The summed E-state index contributed by atoms with van der Waals surface area (Å²) in [4.78, 5) is 15.8. The summed E-state index contributed by atoms with van der Waals surface area (Å²) >= 11 is 3.08. The number of carbonyl (C=O) groups excluding carboxylic acids is 1. The van der Waals surface area contributed by atoms with Gasteiger partial charge in [0.05, 0.1) is 12.3 Å². The van der Waals surface area contributed by atoms with E-state index in [1.165, 1.54) is 44.1 Å². The fourth-order valence-corrected chi connectivity index (χ4v) is 4.59. The van der Waals surface area contributed by atoms with Crippen molar-refractivity contribution in [2.75, 3.05) is 25.4 Å². The molecule has 2 aromatic heterocycles. The molecule has 6 nitrogen and oxygen atoms in total. The first-order chi connectivity index (χ1) is 13.3. The van der Waals surface area contributed by atoms with E-state index in [1.807, 2.05) is 23.6 Å². The Morgan fingerprint density at radius 2 is 2.19 bits per heavy atom. The lowest BCUT2D eigenvalue weighted by molar-refractivity contribution is -0.118. The fraction of sp³-hybridized carbons (Fsp3) is 0.526. The zero-order valence-corrected chi connectivity index (χ0v) is 17.2. The second-order valence-electron chi connectivity index (χ2n) is 6.60. The first-order valence-electron chi connectivity index (χ1n) is 9.43. The SMILES string of the molecule is C=CCn1c(CCN2CCCCC2)nnc1SCC(=O)NCc1cccs1. The molecule has 1 fully saturated rings. The van der Waals surface area contributed by atoms with Crippen LogP contribution in [0.4, 0.5) is 0 Å². The molecule has 1 N–H and O–H groups in total. The Hall–Kier alpha value is -1.64. The van der Waals surface area contributed by atoms with Crippen molar-refractivity contribution in [3.8, 4) is 0 Å². The van der Waals surface area contributed by atoms with Crippen LogP contribution in [0.3, 0.4) is 0 Å². The van der Waals surface area contributed by atoms with Gasteiger partial charge in [-0.3, -0.25) is 4.79 Å². The standard InChI is InChI=1S/C19H27N5OS2/c1-2-9-24-17(8-12-23-10-4-3-5-11-23)21-22-19(24)27-15-18(25)20-14-16-7-6-13-26-16/h2,6-7,13H,1,3-5,8-12,14-15H2,(H,20,25). The molecule has 3 heterocycles. The summed E-state index contributed by atoms with van der Waals surface area (Å²) in [5, 5.41) is 14.4. The van der Waals surface area contributed by atoms with Crippen LogP contribution in [0.5, 0.6) is 0 Å². The number of rotatable bonds is 10. The number of hydrogen-bond donors (Lipinski definition) is 1. The molecule has 0 bridgehead atoms. The smallest absolute Gasteiger partial charge is 0.230 e. The van der Waals surface area contributed by atoms with Crippen molar-refractivity contribution in [2.24, 2.45) is 0 Å². The van der Waals surface area contributed by atoms with Gasteiger partial charge in [-0.1, -0.05) is 30.3 Å². The van der Waals surface area contributed by atoms with Crippen molar-refractivity contribution in [2.45, 2.75) is 43.9 Å². The van der Waals surface area contributed by atoms with Crippen molar-refractivity contribution < 1.29 is 4.79 Å². The molecular formula is C19H27N5OS2.